The highest BCUT2D eigenvalue weighted by atomic mass is 32.2. The highest BCUT2D eigenvalue weighted by molar-refractivity contribution is 7.89. The van der Waals surface area contributed by atoms with E-state index in [0.29, 0.717) is 30.0 Å². The van der Waals surface area contributed by atoms with Gasteiger partial charge in [-0.15, -0.1) is 0 Å². The maximum Gasteiger partial charge on any atom is 0.243 e. The molecular weight excluding hydrogens is 440 g/mol. The van der Waals surface area contributed by atoms with Gasteiger partial charge in [0.2, 0.25) is 21.8 Å². The average Bonchev–Trinajstić information content (AvgIpc) is 3.05. The van der Waals surface area contributed by atoms with Crippen molar-refractivity contribution in [3.63, 3.8) is 0 Å². The first-order valence-corrected chi connectivity index (χ1v) is 12.6. The molecule has 2 aromatic carbocycles. The molecule has 33 heavy (non-hydrogen) atoms. The van der Waals surface area contributed by atoms with Crippen molar-refractivity contribution < 1.29 is 18.0 Å². The van der Waals surface area contributed by atoms with Crippen LogP contribution in [0.2, 0.25) is 0 Å². The summed E-state index contributed by atoms with van der Waals surface area (Å²) in [5, 5.41) is 5.53. The van der Waals surface area contributed by atoms with Crippen LogP contribution in [0.4, 0.5) is 11.4 Å². The van der Waals surface area contributed by atoms with Crippen LogP contribution in [-0.4, -0.2) is 62.7 Å². The van der Waals surface area contributed by atoms with E-state index in [1.165, 1.54) is 6.07 Å². The van der Waals surface area contributed by atoms with E-state index in [9.17, 15) is 18.0 Å². The van der Waals surface area contributed by atoms with Crippen LogP contribution in [0.25, 0.3) is 0 Å². The molecule has 1 fully saturated rings. The maximum atomic E-state index is 13.2. The van der Waals surface area contributed by atoms with Gasteiger partial charge in [-0.1, -0.05) is 37.1 Å². The molecule has 0 aliphatic carbocycles. The first kappa shape index (κ1) is 24.9. The third-order valence-corrected chi connectivity index (χ3v) is 7.58. The molecule has 2 amide bonds. The highest BCUT2D eigenvalue weighted by Gasteiger charge is 2.27. The molecule has 1 aliphatic rings. The van der Waals surface area contributed by atoms with E-state index in [1.54, 1.807) is 47.4 Å². The number of likely N-dealkylation sites (N-methyl/N-ethyl adjacent to an activating group) is 1. The van der Waals surface area contributed by atoms with Crippen molar-refractivity contribution in [1.82, 2.24) is 9.21 Å². The Morgan fingerprint density at radius 2 is 1.45 bits per heavy atom. The molecule has 0 aromatic heterocycles. The lowest BCUT2D eigenvalue weighted by Crippen LogP contribution is -2.36. The first-order chi connectivity index (χ1) is 15.8. The van der Waals surface area contributed by atoms with Gasteiger partial charge in [-0.25, -0.2) is 8.42 Å². The number of sulfonamides is 1. The summed E-state index contributed by atoms with van der Waals surface area (Å²) in [5.41, 5.74) is 1.76. The standard InChI is InChI=1S/C24H32N4O4S/c1-19-12-13-21(16-22(19)33(31,32)28-14-8-3-4-9-15-28)26-24(30)18-27(2)17-23(29)25-20-10-6-5-7-11-20/h5-7,10-13,16H,3-4,8-9,14-15,17-18H2,1-2H3,(H,25,29)(H,26,30). The predicted octanol–water partition coefficient (Wildman–Crippen LogP) is 3.07. The SMILES string of the molecule is Cc1ccc(NC(=O)CN(C)CC(=O)Nc2ccccc2)cc1S(=O)(=O)N1CCCCCC1. The molecule has 1 aliphatic heterocycles. The van der Waals surface area contributed by atoms with Crippen LogP contribution in [0.15, 0.2) is 53.4 Å². The third-order valence-electron chi connectivity index (χ3n) is 5.54. The zero-order chi connectivity index (χ0) is 23.8. The van der Waals surface area contributed by atoms with Crippen LogP contribution < -0.4 is 10.6 Å². The number of carbonyl (C=O) groups is 2. The van der Waals surface area contributed by atoms with Crippen molar-refractivity contribution in [1.29, 1.82) is 0 Å². The van der Waals surface area contributed by atoms with E-state index in [1.807, 2.05) is 18.2 Å². The van der Waals surface area contributed by atoms with Crippen molar-refractivity contribution in [3.05, 3.63) is 54.1 Å². The monoisotopic (exact) mass is 472 g/mol. The summed E-state index contributed by atoms with van der Waals surface area (Å²) in [6.07, 6.45) is 3.80. The van der Waals surface area contributed by atoms with E-state index in [2.05, 4.69) is 10.6 Å². The van der Waals surface area contributed by atoms with Gasteiger partial charge in [0, 0.05) is 24.5 Å². The summed E-state index contributed by atoms with van der Waals surface area (Å²) in [6.45, 7) is 2.84. The van der Waals surface area contributed by atoms with Gasteiger partial charge in [0.1, 0.15) is 0 Å². The molecule has 1 saturated heterocycles. The number of hydrogen-bond acceptors (Lipinski definition) is 5. The number of amides is 2. The van der Waals surface area contributed by atoms with Crippen LogP contribution in [0.5, 0.6) is 0 Å². The number of hydrogen-bond donors (Lipinski definition) is 2. The third kappa shape index (κ3) is 7.12. The Hall–Kier alpha value is -2.75. The molecule has 0 saturated carbocycles. The van der Waals surface area contributed by atoms with Gasteiger partial charge in [0.05, 0.1) is 18.0 Å². The lowest BCUT2D eigenvalue weighted by molar-refractivity contribution is -0.119. The fraction of sp³-hybridized carbons (Fsp3) is 0.417. The zero-order valence-corrected chi connectivity index (χ0v) is 20.0. The van der Waals surface area contributed by atoms with E-state index in [4.69, 9.17) is 0 Å². The molecule has 2 N–H and O–H groups in total. The van der Waals surface area contributed by atoms with Gasteiger partial charge in [-0.05, 0) is 56.6 Å². The summed E-state index contributed by atoms with van der Waals surface area (Å²) in [4.78, 5) is 26.5. The van der Waals surface area contributed by atoms with Crippen molar-refractivity contribution >= 4 is 33.2 Å². The van der Waals surface area contributed by atoms with E-state index < -0.39 is 10.0 Å². The van der Waals surface area contributed by atoms with E-state index in [0.717, 1.165) is 25.7 Å². The number of benzene rings is 2. The Labute approximate surface area is 196 Å². The first-order valence-electron chi connectivity index (χ1n) is 11.2. The minimum Gasteiger partial charge on any atom is -0.325 e. The Kier molecular flexibility index (Phi) is 8.60. The number of nitrogens with zero attached hydrogens (tertiary/aromatic N) is 2. The number of aryl methyl sites for hydroxylation is 1. The van der Waals surface area contributed by atoms with Crippen LogP contribution in [-0.2, 0) is 19.6 Å². The van der Waals surface area contributed by atoms with Crippen molar-refractivity contribution in [2.75, 3.05) is 43.9 Å². The number of para-hydroxylation sites is 1. The second-order valence-corrected chi connectivity index (χ2v) is 10.3. The van der Waals surface area contributed by atoms with Gasteiger partial charge in [-0.2, -0.15) is 4.31 Å². The molecule has 0 radical (unpaired) electrons. The van der Waals surface area contributed by atoms with Crippen LogP contribution >= 0.6 is 0 Å². The van der Waals surface area contributed by atoms with Gasteiger partial charge in [0.25, 0.3) is 0 Å². The molecule has 0 atom stereocenters. The number of carbonyl (C=O) groups excluding carboxylic acids is 2. The summed E-state index contributed by atoms with van der Waals surface area (Å²) in [7, 11) is -1.95. The highest BCUT2D eigenvalue weighted by Crippen LogP contribution is 2.25. The van der Waals surface area contributed by atoms with Crippen molar-refractivity contribution in [2.24, 2.45) is 0 Å². The lowest BCUT2D eigenvalue weighted by Gasteiger charge is -2.22. The maximum absolute atomic E-state index is 13.2. The molecule has 9 heteroatoms. The smallest absolute Gasteiger partial charge is 0.243 e. The van der Waals surface area contributed by atoms with Crippen LogP contribution in [0.3, 0.4) is 0 Å². The summed E-state index contributed by atoms with van der Waals surface area (Å²) in [6, 6.07) is 14.0. The molecule has 8 nitrogen and oxygen atoms in total. The van der Waals surface area contributed by atoms with Crippen LogP contribution in [0.1, 0.15) is 31.2 Å². The largest absolute Gasteiger partial charge is 0.325 e. The van der Waals surface area contributed by atoms with Crippen molar-refractivity contribution in [2.45, 2.75) is 37.5 Å². The molecule has 3 rings (SSSR count). The predicted molar refractivity (Wildman–Crippen MR) is 130 cm³/mol. The topological polar surface area (TPSA) is 98.8 Å². The van der Waals surface area contributed by atoms with Gasteiger partial charge >= 0.3 is 0 Å². The molecule has 1 heterocycles. The van der Waals surface area contributed by atoms with Gasteiger partial charge in [-0.3, -0.25) is 14.5 Å². The number of rotatable bonds is 8. The Bertz CT molecular complexity index is 1070. The zero-order valence-electron chi connectivity index (χ0n) is 19.2. The molecule has 0 unspecified atom stereocenters. The second kappa shape index (κ2) is 11.4. The summed E-state index contributed by atoms with van der Waals surface area (Å²) < 4.78 is 28.0. The molecular formula is C24H32N4O4S. The minimum absolute atomic E-state index is 0.00963. The normalized spacial score (nSPS) is 15.1. The molecule has 2 aromatic rings. The quantitative estimate of drug-likeness (QED) is 0.615. The molecule has 178 valence electrons. The fourth-order valence-corrected chi connectivity index (χ4v) is 5.61. The number of nitrogens with one attached hydrogen (secondary N) is 2. The fourth-order valence-electron chi connectivity index (χ4n) is 3.85. The number of anilines is 2. The minimum atomic E-state index is -3.62. The molecule has 0 spiro atoms. The Balaban J connectivity index is 1.60. The Morgan fingerprint density at radius 3 is 2.06 bits per heavy atom. The van der Waals surface area contributed by atoms with Gasteiger partial charge < -0.3 is 10.6 Å². The summed E-state index contributed by atoms with van der Waals surface area (Å²) in [5.74, 6) is -0.551. The average molecular weight is 473 g/mol. The van der Waals surface area contributed by atoms with Gasteiger partial charge in [0.15, 0.2) is 0 Å². The molecule has 0 bridgehead atoms. The van der Waals surface area contributed by atoms with E-state index >= 15 is 0 Å². The lowest BCUT2D eigenvalue weighted by atomic mass is 10.2. The van der Waals surface area contributed by atoms with Crippen LogP contribution in [0, 0.1) is 6.92 Å². The Morgan fingerprint density at radius 1 is 0.879 bits per heavy atom. The van der Waals surface area contributed by atoms with Crippen molar-refractivity contribution in [3.8, 4) is 0 Å². The van der Waals surface area contributed by atoms with E-state index in [-0.39, 0.29) is 29.8 Å². The summed E-state index contributed by atoms with van der Waals surface area (Å²) >= 11 is 0. The second-order valence-electron chi connectivity index (χ2n) is 8.43.